The molecule has 0 radical (unpaired) electrons. The number of carbonyl (C=O) groups excluding carboxylic acids is 1. The van der Waals surface area contributed by atoms with Crippen LogP contribution in [0, 0.1) is 0 Å². The van der Waals surface area contributed by atoms with Crippen LogP contribution < -0.4 is 11.1 Å². The zero-order valence-electron chi connectivity index (χ0n) is 9.73. The van der Waals surface area contributed by atoms with E-state index in [2.05, 4.69) is 11.9 Å². The molecule has 0 aliphatic heterocycles. The summed E-state index contributed by atoms with van der Waals surface area (Å²) in [5.41, 5.74) is 7.37. The Kier molecular flexibility index (Phi) is 5.39. The van der Waals surface area contributed by atoms with Crippen molar-refractivity contribution in [3.05, 3.63) is 42.5 Å². The van der Waals surface area contributed by atoms with Crippen LogP contribution in [0.25, 0.3) is 0 Å². The van der Waals surface area contributed by atoms with Crippen molar-refractivity contribution in [1.29, 1.82) is 0 Å². The second kappa shape index (κ2) is 6.83. The maximum Gasteiger partial charge on any atom is 0.241 e. The molecule has 0 aromatic heterocycles. The Hall–Kier alpha value is -1.65. The monoisotopic (exact) mass is 234 g/mol. The number of benzene rings is 1. The summed E-state index contributed by atoms with van der Waals surface area (Å²) in [7, 11) is 0. The number of aliphatic hydroxyl groups excluding tert-OH is 1. The molecule has 1 unspecified atom stereocenters. The number of hydrogen-bond acceptors (Lipinski definition) is 3. The van der Waals surface area contributed by atoms with Gasteiger partial charge in [0.2, 0.25) is 5.91 Å². The van der Waals surface area contributed by atoms with Gasteiger partial charge in [-0.2, -0.15) is 0 Å². The summed E-state index contributed by atoms with van der Waals surface area (Å²) in [6, 6.07) is 6.76. The number of nitrogens with two attached hydrogens (primary N) is 1. The average molecular weight is 234 g/mol. The van der Waals surface area contributed by atoms with Crippen LogP contribution in [0.4, 0.5) is 5.69 Å². The molecule has 0 bridgehead atoms. The number of amides is 1. The summed E-state index contributed by atoms with van der Waals surface area (Å²) in [5.74, 6) is -0.222. The molecule has 1 rings (SSSR count). The van der Waals surface area contributed by atoms with Crippen molar-refractivity contribution in [2.75, 3.05) is 11.9 Å². The van der Waals surface area contributed by atoms with E-state index in [0.29, 0.717) is 18.5 Å². The predicted molar refractivity (Wildman–Crippen MR) is 68.7 cm³/mol. The van der Waals surface area contributed by atoms with Crippen molar-refractivity contribution >= 4 is 11.6 Å². The quantitative estimate of drug-likeness (QED) is 0.644. The fourth-order valence-corrected chi connectivity index (χ4v) is 1.41. The van der Waals surface area contributed by atoms with Crippen LogP contribution in [-0.4, -0.2) is 23.7 Å². The lowest BCUT2D eigenvalue weighted by atomic mass is 10.1. The van der Waals surface area contributed by atoms with Crippen LogP contribution in [0.3, 0.4) is 0 Å². The predicted octanol–water partition coefficient (Wildman–Crippen LogP) is 1.06. The van der Waals surface area contributed by atoms with E-state index in [9.17, 15) is 4.79 Å². The molecule has 0 aliphatic carbocycles. The van der Waals surface area contributed by atoms with E-state index in [1.165, 1.54) is 0 Å². The summed E-state index contributed by atoms with van der Waals surface area (Å²) in [5, 5.41) is 11.5. The van der Waals surface area contributed by atoms with Crippen molar-refractivity contribution in [3.63, 3.8) is 0 Å². The molecule has 1 aromatic carbocycles. The molecular weight excluding hydrogens is 216 g/mol. The second-order valence-electron chi connectivity index (χ2n) is 3.79. The van der Waals surface area contributed by atoms with Crippen molar-refractivity contribution in [3.8, 4) is 0 Å². The first kappa shape index (κ1) is 13.4. The van der Waals surface area contributed by atoms with Crippen LogP contribution in [-0.2, 0) is 11.2 Å². The van der Waals surface area contributed by atoms with E-state index in [-0.39, 0.29) is 12.5 Å². The van der Waals surface area contributed by atoms with E-state index in [1.807, 2.05) is 12.1 Å². The summed E-state index contributed by atoms with van der Waals surface area (Å²) >= 11 is 0. The highest BCUT2D eigenvalue weighted by Crippen LogP contribution is 2.10. The van der Waals surface area contributed by atoms with Gasteiger partial charge in [-0.15, -0.1) is 6.58 Å². The molecule has 0 aliphatic rings. The van der Waals surface area contributed by atoms with Crippen molar-refractivity contribution in [1.82, 2.24) is 0 Å². The Labute approximate surface area is 101 Å². The van der Waals surface area contributed by atoms with Crippen LogP contribution >= 0.6 is 0 Å². The van der Waals surface area contributed by atoms with Gasteiger partial charge < -0.3 is 16.2 Å². The average Bonchev–Trinajstić information content (AvgIpc) is 2.32. The third-order valence-electron chi connectivity index (χ3n) is 2.38. The third-order valence-corrected chi connectivity index (χ3v) is 2.38. The minimum Gasteiger partial charge on any atom is -0.396 e. The molecular formula is C13H18N2O2. The SMILES string of the molecule is C=CCC(N)C(=O)Nc1ccc(CCO)cc1. The summed E-state index contributed by atoms with van der Waals surface area (Å²) in [6.45, 7) is 3.66. The maximum atomic E-state index is 11.6. The van der Waals surface area contributed by atoms with Gasteiger partial charge in [0.15, 0.2) is 0 Å². The van der Waals surface area contributed by atoms with Gasteiger partial charge in [-0.1, -0.05) is 18.2 Å². The first-order valence-corrected chi connectivity index (χ1v) is 5.54. The molecule has 1 aromatic rings. The molecule has 4 N–H and O–H groups in total. The van der Waals surface area contributed by atoms with Crippen molar-refractivity contribution < 1.29 is 9.90 Å². The summed E-state index contributed by atoms with van der Waals surface area (Å²) in [4.78, 5) is 11.6. The Bertz CT molecular complexity index is 374. The van der Waals surface area contributed by atoms with Gasteiger partial charge in [0.05, 0.1) is 6.04 Å². The number of carbonyl (C=O) groups is 1. The van der Waals surface area contributed by atoms with E-state index < -0.39 is 6.04 Å². The minimum atomic E-state index is -0.565. The first-order chi connectivity index (χ1) is 8.17. The number of rotatable bonds is 6. The largest absolute Gasteiger partial charge is 0.396 e. The van der Waals surface area contributed by atoms with Crippen LogP contribution in [0.5, 0.6) is 0 Å². The topological polar surface area (TPSA) is 75.4 Å². The first-order valence-electron chi connectivity index (χ1n) is 5.54. The molecule has 0 spiro atoms. The Morgan fingerprint density at radius 1 is 1.47 bits per heavy atom. The Morgan fingerprint density at radius 2 is 2.12 bits per heavy atom. The van der Waals surface area contributed by atoms with E-state index >= 15 is 0 Å². The summed E-state index contributed by atoms with van der Waals surface area (Å²) < 4.78 is 0. The number of nitrogens with one attached hydrogen (secondary N) is 1. The van der Waals surface area contributed by atoms with Gasteiger partial charge in [0.25, 0.3) is 0 Å². The molecule has 17 heavy (non-hydrogen) atoms. The number of hydrogen-bond donors (Lipinski definition) is 3. The highest BCUT2D eigenvalue weighted by Gasteiger charge is 2.11. The molecule has 1 amide bonds. The lowest BCUT2D eigenvalue weighted by molar-refractivity contribution is -0.117. The Balaban J connectivity index is 2.56. The minimum absolute atomic E-state index is 0.121. The van der Waals surface area contributed by atoms with Gasteiger partial charge in [-0.3, -0.25) is 4.79 Å². The number of anilines is 1. The standard InChI is InChI=1S/C13H18N2O2/c1-2-3-12(14)13(17)15-11-6-4-10(5-7-11)8-9-16/h2,4-7,12,16H,1,3,8-9,14H2,(H,15,17). The molecule has 0 saturated carbocycles. The molecule has 4 nitrogen and oxygen atoms in total. The Morgan fingerprint density at radius 3 is 2.65 bits per heavy atom. The lowest BCUT2D eigenvalue weighted by Crippen LogP contribution is -2.35. The third kappa shape index (κ3) is 4.38. The van der Waals surface area contributed by atoms with Gasteiger partial charge in [-0.25, -0.2) is 0 Å². The maximum absolute atomic E-state index is 11.6. The van der Waals surface area contributed by atoms with Gasteiger partial charge in [-0.05, 0) is 30.5 Å². The second-order valence-corrected chi connectivity index (χ2v) is 3.79. The zero-order valence-corrected chi connectivity index (χ0v) is 9.73. The molecule has 1 atom stereocenters. The van der Waals surface area contributed by atoms with Crippen molar-refractivity contribution in [2.45, 2.75) is 18.9 Å². The molecule has 4 heteroatoms. The van der Waals surface area contributed by atoms with Crippen LogP contribution in [0.2, 0.25) is 0 Å². The normalized spacial score (nSPS) is 11.9. The van der Waals surface area contributed by atoms with E-state index in [1.54, 1.807) is 18.2 Å². The zero-order chi connectivity index (χ0) is 12.7. The van der Waals surface area contributed by atoms with Crippen LogP contribution in [0.1, 0.15) is 12.0 Å². The molecule has 0 heterocycles. The van der Waals surface area contributed by atoms with Gasteiger partial charge in [0, 0.05) is 12.3 Å². The van der Waals surface area contributed by atoms with Crippen LogP contribution in [0.15, 0.2) is 36.9 Å². The highest BCUT2D eigenvalue weighted by atomic mass is 16.2. The lowest BCUT2D eigenvalue weighted by Gasteiger charge is -2.10. The fraction of sp³-hybridized carbons (Fsp3) is 0.308. The highest BCUT2D eigenvalue weighted by molar-refractivity contribution is 5.94. The van der Waals surface area contributed by atoms with E-state index in [0.717, 1.165) is 5.56 Å². The fourth-order valence-electron chi connectivity index (χ4n) is 1.41. The van der Waals surface area contributed by atoms with E-state index in [4.69, 9.17) is 10.8 Å². The smallest absolute Gasteiger partial charge is 0.241 e. The summed E-state index contributed by atoms with van der Waals surface area (Å²) in [6.07, 6.45) is 2.69. The molecule has 0 saturated heterocycles. The van der Waals surface area contributed by atoms with Crippen molar-refractivity contribution in [2.24, 2.45) is 5.73 Å². The molecule has 0 fully saturated rings. The molecule has 92 valence electrons. The number of aliphatic hydroxyl groups is 1. The van der Waals surface area contributed by atoms with Gasteiger partial charge in [0.1, 0.15) is 0 Å². The van der Waals surface area contributed by atoms with Gasteiger partial charge >= 0.3 is 0 Å².